The van der Waals surface area contributed by atoms with E-state index in [0.29, 0.717) is 18.4 Å². The van der Waals surface area contributed by atoms with Crippen LogP contribution in [0.2, 0.25) is 0 Å². The van der Waals surface area contributed by atoms with Gasteiger partial charge >= 0.3 is 0 Å². The lowest BCUT2D eigenvalue weighted by Crippen LogP contribution is -2.40. The molecule has 0 aromatic heterocycles. The summed E-state index contributed by atoms with van der Waals surface area (Å²) in [5, 5.41) is 0. The fourth-order valence-corrected chi connectivity index (χ4v) is 2.38. The predicted molar refractivity (Wildman–Crippen MR) is 67.1 cm³/mol. The molecule has 0 saturated heterocycles. The molecule has 1 aliphatic rings. The molecular weight excluding hydrogens is 200 g/mol. The molecule has 3 atom stereocenters. The third-order valence-corrected chi connectivity index (χ3v) is 4.05. The average molecular weight is 226 g/mol. The first kappa shape index (κ1) is 13.5. The van der Waals surface area contributed by atoms with Crippen LogP contribution in [-0.2, 0) is 4.79 Å². The quantitative estimate of drug-likeness (QED) is 0.798. The molecule has 3 heteroatoms. The van der Waals surface area contributed by atoms with Crippen molar-refractivity contribution in [1.29, 1.82) is 0 Å². The molecule has 0 spiro atoms. The molecule has 0 heterocycles. The summed E-state index contributed by atoms with van der Waals surface area (Å²) in [5.74, 6) is 0.671. The van der Waals surface area contributed by atoms with Crippen molar-refractivity contribution in [3.05, 3.63) is 0 Å². The van der Waals surface area contributed by atoms with Crippen molar-refractivity contribution in [2.24, 2.45) is 11.7 Å². The van der Waals surface area contributed by atoms with Gasteiger partial charge in [0.25, 0.3) is 0 Å². The van der Waals surface area contributed by atoms with Gasteiger partial charge in [0.05, 0.1) is 0 Å². The van der Waals surface area contributed by atoms with Gasteiger partial charge in [-0.05, 0) is 32.1 Å². The minimum Gasteiger partial charge on any atom is -0.343 e. The molecule has 0 aromatic rings. The van der Waals surface area contributed by atoms with Crippen molar-refractivity contribution >= 4 is 5.91 Å². The van der Waals surface area contributed by atoms with Crippen molar-refractivity contribution in [1.82, 2.24) is 4.90 Å². The first-order chi connectivity index (χ1) is 7.56. The Bertz CT molecular complexity index is 230. The summed E-state index contributed by atoms with van der Waals surface area (Å²) < 4.78 is 0. The van der Waals surface area contributed by atoms with Gasteiger partial charge in [0.2, 0.25) is 5.91 Å². The number of amides is 1. The van der Waals surface area contributed by atoms with Crippen LogP contribution in [0.15, 0.2) is 0 Å². The number of rotatable bonds is 4. The van der Waals surface area contributed by atoms with Gasteiger partial charge in [-0.2, -0.15) is 0 Å². The third kappa shape index (κ3) is 3.48. The second kappa shape index (κ2) is 6.24. The molecule has 0 aromatic carbocycles. The van der Waals surface area contributed by atoms with Crippen LogP contribution in [0.25, 0.3) is 0 Å². The summed E-state index contributed by atoms with van der Waals surface area (Å²) in [6.45, 7) is 4.21. The molecule has 0 aliphatic heterocycles. The topological polar surface area (TPSA) is 46.3 Å². The van der Waals surface area contributed by atoms with Crippen molar-refractivity contribution in [2.75, 3.05) is 7.05 Å². The molecule has 16 heavy (non-hydrogen) atoms. The molecular formula is C13H26N2O. The van der Waals surface area contributed by atoms with Crippen LogP contribution in [0.3, 0.4) is 0 Å². The second-order valence-corrected chi connectivity index (χ2v) is 5.17. The molecule has 1 rings (SSSR count). The zero-order valence-corrected chi connectivity index (χ0v) is 10.9. The number of carbonyl (C=O) groups excluding carboxylic acids is 1. The van der Waals surface area contributed by atoms with E-state index < -0.39 is 0 Å². The summed E-state index contributed by atoms with van der Waals surface area (Å²) >= 11 is 0. The molecule has 94 valence electrons. The molecule has 1 fully saturated rings. The lowest BCUT2D eigenvalue weighted by Gasteiger charge is -2.31. The van der Waals surface area contributed by atoms with Gasteiger partial charge in [0.1, 0.15) is 0 Å². The maximum Gasteiger partial charge on any atom is 0.222 e. The van der Waals surface area contributed by atoms with Crippen LogP contribution in [0.1, 0.15) is 52.4 Å². The van der Waals surface area contributed by atoms with Crippen LogP contribution in [-0.4, -0.2) is 29.9 Å². The molecule has 0 bridgehead atoms. The minimum atomic E-state index is 0.239. The average Bonchev–Trinajstić information content (AvgIpc) is 2.30. The van der Waals surface area contributed by atoms with Crippen molar-refractivity contribution in [3.8, 4) is 0 Å². The lowest BCUT2D eigenvalue weighted by atomic mass is 9.82. The van der Waals surface area contributed by atoms with Crippen molar-refractivity contribution in [3.63, 3.8) is 0 Å². The van der Waals surface area contributed by atoms with Crippen molar-refractivity contribution in [2.45, 2.75) is 64.5 Å². The van der Waals surface area contributed by atoms with E-state index in [2.05, 4.69) is 13.8 Å². The zero-order valence-electron chi connectivity index (χ0n) is 10.9. The SMILES string of the molecule is CCC(C)N(C)C(=O)CC1CCCCC1N. The zero-order chi connectivity index (χ0) is 12.1. The van der Waals surface area contributed by atoms with E-state index in [1.807, 2.05) is 11.9 Å². The highest BCUT2D eigenvalue weighted by molar-refractivity contribution is 5.76. The summed E-state index contributed by atoms with van der Waals surface area (Å²) in [6, 6.07) is 0.579. The van der Waals surface area contributed by atoms with Gasteiger partial charge in [-0.25, -0.2) is 0 Å². The van der Waals surface area contributed by atoms with Crippen LogP contribution in [0.4, 0.5) is 0 Å². The highest BCUT2D eigenvalue weighted by atomic mass is 16.2. The van der Waals surface area contributed by atoms with E-state index in [1.165, 1.54) is 12.8 Å². The Morgan fingerprint density at radius 2 is 2.06 bits per heavy atom. The Balaban J connectivity index is 2.43. The Kier molecular flexibility index (Phi) is 5.26. The summed E-state index contributed by atoms with van der Waals surface area (Å²) in [7, 11) is 1.91. The maximum absolute atomic E-state index is 12.0. The Morgan fingerprint density at radius 3 is 2.62 bits per heavy atom. The predicted octanol–water partition coefficient (Wildman–Crippen LogP) is 2.15. The van der Waals surface area contributed by atoms with E-state index in [-0.39, 0.29) is 11.9 Å². The van der Waals surface area contributed by atoms with E-state index in [0.717, 1.165) is 19.3 Å². The standard InChI is InChI=1S/C13H26N2O/c1-4-10(2)15(3)13(16)9-11-7-5-6-8-12(11)14/h10-12H,4-9,14H2,1-3H3. The van der Waals surface area contributed by atoms with E-state index >= 15 is 0 Å². The molecule has 3 unspecified atom stereocenters. The molecule has 1 saturated carbocycles. The van der Waals surface area contributed by atoms with Gasteiger partial charge in [0.15, 0.2) is 0 Å². The largest absolute Gasteiger partial charge is 0.343 e. The summed E-state index contributed by atoms with van der Waals surface area (Å²) in [6.07, 6.45) is 6.33. The smallest absolute Gasteiger partial charge is 0.222 e. The Labute approximate surface area is 99.4 Å². The first-order valence-electron chi connectivity index (χ1n) is 6.57. The van der Waals surface area contributed by atoms with E-state index in [9.17, 15) is 4.79 Å². The number of nitrogens with two attached hydrogens (primary N) is 1. The van der Waals surface area contributed by atoms with Gasteiger partial charge in [-0.3, -0.25) is 4.79 Å². The number of carbonyl (C=O) groups is 1. The highest BCUT2D eigenvalue weighted by Crippen LogP contribution is 2.26. The highest BCUT2D eigenvalue weighted by Gasteiger charge is 2.26. The van der Waals surface area contributed by atoms with Gasteiger partial charge in [-0.1, -0.05) is 19.8 Å². The maximum atomic E-state index is 12.0. The minimum absolute atomic E-state index is 0.239. The number of hydrogen-bond acceptors (Lipinski definition) is 2. The number of hydrogen-bond donors (Lipinski definition) is 1. The van der Waals surface area contributed by atoms with Gasteiger partial charge in [-0.15, -0.1) is 0 Å². The van der Waals surface area contributed by atoms with E-state index in [4.69, 9.17) is 5.73 Å². The Hall–Kier alpha value is -0.570. The van der Waals surface area contributed by atoms with E-state index in [1.54, 1.807) is 0 Å². The van der Waals surface area contributed by atoms with Gasteiger partial charge in [0, 0.05) is 25.6 Å². The van der Waals surface area contributed by atoms with Crippen LogP contribution < -0.4 is 5.73 Å². The molecule has 1 amide bonds. The molecule has 2 N–H and O–H groups in total. The molecule has 1 aliphatic carbocycles. The van der Waals surface area contributed by atoms with Crippen molar-refractivity contribution < 1.29 is 4.79 Å². The fourth-order valence-electron chi connectivity index (χ4n) is 2.38. The van der Waals surface area contributed by atoms with Crippen LogP contribution >= 0.6 is 0 Å². The number of nitrogens with zero attached hydrogens (tertiary/aromatic N) is 1. The molecule has 0 radical (unpaired) electrons. The first-order valence-corrected chi connectivity index (χ1v) is 6.57. The third-order valence-electron chi connectivity index (χ3n) is 4.05. The summed E-state index contributed by atoms with van der Waals surface area (Å²) in [4.78, 5) is 13.9. The second-order valence-electron chi connectivity index (χ2n) is 5.17. The molecule has 3 nitrogen and oxygen atoms in total. The monoisotopic (exact) mass is 226 g/mol. The fraction of sp³-hybridized carbons (Fsp3) is 0.923. The summed E-state index contributed by atoms with van der Waals surface area (Å²) in [5.41, 5.74) is 6.07. The lowest BCUT2D eigenvalue weighted by molar-refractivity contribution is -0.133. The van der Waals surface area contributed by atoms with Gasteiger partial charge < -0.3 is 10.6 Å². The van der Waals surface area contributed by atoms with Crippen LogP contribution in [0, 0.1) is 5.92 Å². The van der Waals surface area contributed by atoms with Crippen LogP contribution in [0.5, 0.6) is 0 Å². The Morgan fingerprint density at radius 1 is 1.44 bits per heavy atom. The normalized spacial score (nSPS) is 27.5.